The Kier molecular flexibility index (Phi) is 5.14. The van der Waals surface area contributed by atoms with E-state index >= 15 is 0 Å². The standard InChI is InChI=1S/C17H26N4OS/c1-4-5-8-23-17-19-15-14(16(22)20-17)10-18-21(15)13-7-6-11(2)12(3)9-13/h6-7,9,14-15,17-19H,4-5,8,10H2,1-3H3,(H,20,22). The Morgan fingerprint density at radius 3 is 2.87 bits per heavy atom. The number of aryl methyl sites for hydroxylation is 2. The van der Waals surface area contributed by atoms with Crippen LogP contribution >= 0.6 is 11.8 Å². The molecule has 3 N–H and O–H groups in total. The van der Waals surface area contributed by atoms with Crippen LogP contribution in [0.4, 0.5) is 5.69 Å². The van der Waals surface area contributed by atoms with Crippen molar-refractivity contribution in [2.75, 3.05) is 17.3 Å². The zero-order chi connectivity index (χ0) is 16.4. The highest BCUT2D eigenvalue weighted by Gasteiger charge is 2.44. The molecule has 0 spiro atoms. The molecule has 5 nitrogen and oxygen atoms in total. The number of fused-ring (bicyclic) bond motifs is 1. The van der Waals surface area contributed by atoms with Gasteiger partial charge in [-0.05, 0) is 49.3 Å². The smallest absolute Gasteiger partial charge is 0.229 e. The maximum absolute atomic E-state index is 12.4. The highest BCUT2D eigenvalue weighted by Crippen LogP contribution is 2.28. The Bertz CT molecular complexity index is 580. The number of anilines is 1. The van der Waals surface area contributed by atoms with Gasteiger partial charge in [-0.15, -0.1) is 11.8 Å². The zero-order valence-corrected chi connectivity index (χ0v) is 14.9. The molecule has 23 heavy (non-hydrogen) atoms. The number of carbonyl (C=O) groups is 1. The molecule has 3 atom stereocenters. The van der Waals surface area contributed by atoms with E-state index < -0.39 is 0 Å². The van der Waals surface area contributed by atoms with Gasteiger partial charge in [-0.2, -0.15) is 0 Å². The molecule has 0 saturated carbocycles. The van der Waals surface area contributed by atoms with Crippen LogP contribution in [0.5, 0.6) is 0 Å². The summed E-state index contributed by atoms with van der Waals surface area (Å²) in [6, 6.07) is 6.43. The summed E-state index contributed by atoms with van der Waals surface area (Å²) in [5, 5.41) is 8.78. The van der Waals surface area contributed by atoms with E-state index in [-0.39, 0.29) is 23.5 Å². The van der Waals surface area contributed by atoms with Crippen molar-refractivity contribution < 1.29 is 4.79 Å². The van der Waals surface area contributed by atoms with Gasteiger partial charge in [0.25, 0.3) is 0 Å². The number of thioether (sulfide) groups is 1. The molecule has 126 valence electrons. The quantitative estimate of drug-likeness (QED) is 0.720. The molecular formula is C17H26N4OS. The van der Waals surface area contributed by atoms with Gasteiger partial charge in [-0.1, -0.05) is 19.4 Å². The number of hydrogen-bond donors (Lipinski definition) is 3. The maximum Gasteiger partial charge on any atom is 0.229 e. The maximum atomic E-state index is 12.4. The average Bonchev–Trinajstić information content (AvgIpc) is 2.95. The molecule has 2 saturated heterocycles. The van der Waals surface area contributed by atoms with E-state index in [9.17, 15) is 4.79 Å². The van der Waals surface area contributed by atoms with Gasteiger partial charge in [0.05, 0.1) is 11.6 Å². The molecule has 2 aliphatic rings. The van der Waals surface area contributed by atoms with Crippen LogP contribution in [0.1, 0.15) is 30.9 Å². The van der Waals surface area contributed by atoms with Gasteiger partial charge in [0.2, 0.25) is 5.91 Å². The second-order valence-corrected chi connectivity index (χ2v) is 7.54. The fourth-order valence-electron chi connectivity index (χ4n) is 3.01. The van der Waals surface area contributed by atoms with E-state index in [1.807, 2.05) is 0 Å². The van der Waals surface area contributed by atoms with Gasteiger partial charge in [0, 0.05) is 6.54 Å². The van der Waals surface area contributed by atoms with Crippen LogP contribution in [0.3, 0.4) is 0 Å². The van der Waals surface area contributed by atoms with Crippen molar-refractivity contribution >= 4 is 23.4 Å². The second kappa shape index (κ2) is 7.11. The van der Waals surface area contributed by atoms with Crippen molar-refractivity contribution in [2.24, 2.45) is 5.92 Å². The number of amides is 1. The number of hydrogen-bond acceptors (Lipinski definition) is 5. The van der Waals surface area contributed by atoms with Crippen molar-refractivity contribution in [1.82, 2.24) is 16.1 Å². The molecule has 1 aromatic rings. The number of nitrogens with one attached hydrogen (secondary N) is 3. The Labute approximate surface area is 142 Å². The number of unbranched alkanes of at least 4 members (excludes halogenated alkanes) is 1. The van der Waals surface area contributed by atoms with Gasteiger partial charge in [-0.25, -0.2) is 5.43 Å². The molecule has 2 fully saturated rings. The highest BCUT2D eigenvalue weighted by atomic mass is 32.2. The number of nitrogens with zero attached hydrogens (tertiary/aromatic N) is 1. The lowest BCUT2D eigenvalue weighted by Gasteiger charge is -2.37. The molecule has 6 heteroatoms. The lowest BCUT2D eigenvalue weighted by atomic mass is 10.0. The first-order valence-electron chi connectivity index (χ1n) is 8.38. The van der Waals surface area contributed by atoms with E-state index in [1.165, 1.54) is 24.0 Å². The number of carbonyl (C=O) groups excluding carboxylic acids is 1. The van der Waals surface area contributed by atoms with Crippen molar-refractivity contribution in [3.63, 3.8) is 0 Å². The molecule has 1 amide bonds. The summed E-state index contributed by atoms with van der Waals surface area (Å²) in [5.74, 6) is 1.14. The van der Waals surface area contributed by atoms with Crippen molar-refractivity contribution in [3.8, 4) is 0 Å². The first-order chi connectivity index (χ1) is 11.1. The summed E-state index contributed by atoms with van der Waals surface area (Å²) >= 11 is 1.78. The van der Waals surface area contributed by atoms with Crippen LogP contribution < -0.4 is 21.1 Å². The topological polar surface area (TPSA) is 56.4 Å². The lowest BCUT2D eigenvalue weighted by Crippen LogP contribution is -2.63. The molecule has 0 aromatic heterocycles. The number of rotatable bonds is 5. The Morgan fingerprint density at radius 2 is 2.13 bits per heavy atom. The normalized spacial score (nSPS) is 27.0. The molecule has 2 aliphatic heterocycles. The third kappa shape index (κ3) is 3.49. The van der Waals surface area contributed by atoms with Crippen molar-refractivity contribution in [2.45, 2.75) is 45.3 Å². The van der Waals surface area contributed by atoms with E-state index in [4.69, 9.17) is 0 Å². The predicted octanol–water partition coefficient (Wildman–Crippen LogP) is 2.11. The highest BCUT2D eigenvalue weighted by molar-refractivity contribution is 7.99. The van der Waals surface area contributed by atoms with Gasteiger partial charge >= 0.3 is 0 Å². The molecular weight excluding hydrogens is 308 g/mol. The van der Waals surface area contributed by atoms with Gasteiger partial charge in [0.1, 0.15) is 11.7 Å². The van der Waals surface area contributed by atoms with E-state index in [1.54, 1.807) is 11.8 Å². The summed E-state index contributed by atoms with van der Waals surface area (Å²) in [5.41, 5.74) is 7.03. The van der Waals surface area contributed by atoms with Gasteiger partial charge < -0.3 is 5.32 Å². The fraction of sp³-hybridized carbons (Fsp3) is 0.588. The van der Waals surface area contributed by atoms with Crippen molar-refractivity contribution in [1.29, 1.82) is 0 Å². The molecule has 3 unspecified atom stereocenters. The largest absolute Gasteiger partial charge is 0.331 e. The van der Waals surface area contributed by atoms with Gasteiger partial charge in [0.15, 0.2) is 0 Å². The number of benzene rings is 1. The second-order valence-electron chi connectivity index (χ2n) is 6.33. The Morgan fingerprint density at radius 1 is 1.30 bits per heavy atom. The monoisotopic (exact) mass is 334 g/mol. The molecule has 2 heterocycles. The molecule has 0 bridgehead atoms. The first-order valence-corrected chi connectivity index (χ1v) is 9.43. The minimum atomic E-state index is -0.0559. The average molecular weight is 334 g/mol. The Balaban J connectivity index is 1.73. The van der Waals surface area contributed by atoms with Crippen LogP contribution in [0.15, 0.2) is 18.2 Å². The van der Waals surface area contributed by atoms with Crippen LogP contribution in [-0.4, -0.2) is 29.9 Å². The summed E-state index contributed by atoms with van der Waals surface area (Å²) in [6.45, 7) is 7.09. The summed E-state index contributed by atoms with van der Waals surface area (Å²) < 4.78 is 0. The number of hydrazine groups is 1. The molecule has 0 aliphatic carbocycles. The van der Waals surface area contributed by atoms with Crippen LogP contribution in [0.2, 0.25) is 0 Å². The van der Waals surface area contributed by atoms with Crippen LogP contribution in [-0.2, 0) is 4.79 Å². The van der Waals surface area contributed by atoms with Gasteiger partial charge in [-0.3, -0.25) is 15.1 Å². The van der Waals surface area contributed by atoms with E-state index in [0.29, 0.717) is 6.54 Å². The molecule has 3 rings (SSSR count). The summed E-state index contributed by atoms with van der Waals surface area (Å²) in [6.07, 6.45) is 2.35. The SMILES string of the molecule is CCCCSC1NC(=O)C2CNN(c3ccc(C)c(C)c3)C2N1. The van der Waals surface area contributed by atoms with Crippen molar-refractivity contribution in [3.05, 3.63) is 29.3 Å². The minimum absolute atomic E-state index is 0.00461. The van der Waals surface area contributed by atoms with Crippen LogP contribution in [0.25, 0.3) is 0 Å². The van der Waals surface area contributed by atoms with E-state index in [2.05, 4.69) is 60.0 Å². The minimum Gasteiger partial charge on any atom is -0.331 e. The van der Waals surface area contributed by atoms with E-state index in [0.717, 1.165) is 11.4 Å². The fourth-order valence-corrected chi connectivity index (χ4v) is 4.14. The molecule has 1 aromatic carbocycles. The summed E-state index contributed by atoms with van der Waals surface area (Å²) in [7, 11) is 0. The first kappa shape index (κ1) is 16.6. The third-order valence-electron chi connectivity index (χ3n) is 4.62. The van der Waals surface area contributed by atoms with Crippen LogP contribution in [0, 0.1) is 19.8 Å². The zero-order valence-electron chi connectivity index (χ0n) is 14.1. The predicted molar refractivity (Wildman–Crippen MR) is 96.1 cm³/mol. The third-order valence-corrected chi connectivity index (χ3v) is 5.74. The lowest BCUT2D eigenvalue weighted by molar-refractivity contribution is -0.127. The summed E-state index contributed by atoms with van der Waals surface area (Å²) in [4.78, 5) is 12.4. The Hall–Kier alpha value is -1.24. The molecule has 0 radical (unpaired) electrons.